The third-order valence-corrected chi connectivity index (χ3v) is 5.87. The van der Waals surface area contributed by atoms with E-state index in [-0.39, 0.29) is 42.0 Å². The number of aromatic hydroxyl groups is 2. The van der Waals surface area contributed by atoms with Crippen LogP contribution in [0.3, 0.4) is 0 Å². The number of hydrogen-bond acceptors (Lipinski definition) is 9. The maximum atomic E-state index is 11.5. The molecular formula is C21H24O9. The third-order valence-electron chi connectivity index (χ3n) is 5.87. The lowest BCUT2D eigenvalue weighted by Crippen LogP contribution is -2.54. The molecule has 0 saturated carbocycles. The molecule has 2 fully saturated rings. The summed E-state index contributed by atoms with van der Waals surface area (Å²) in [6, 6.07) is 7.60. The van der Waals surface area contributed by atoms with Gasteiger partial charge in [-0.2, -0.15) is 0 Å². The molecule has 2 saturated heterocycles. The molecule has 4 unspecified atom stereocenters. The van der Waals surface area contributed by atoms with Gasteiger partial charge in [0, 0.05) is 0 Å². The molecule has 30 heavy (non-hydrogen) atoms. The molecule has 2 heterocycles. The van der Waals surface area contributed by atoms with E-state index in [0.717, 1.165) is 0 Å². The fourth-order valence-electron chi connectivity index (χ4n) is 4.22. The van der Waals surface area contributed by atoms with Crippen molar-refractivity contribution in [2.75, 3.05) is 34.5 Å². The Morgan fingerprint density at radius 2 is 1.23 bits per heavy atom. The Balaban J connectivity index is 1.73. The van der Waals surface area contributed by atoms with Gasteiger partial charge in [-0.3, -0.25) is 0 Å². The second kappa shape index (κ2) is 7.21. The molecule has 9 heteroatoms. The quantitative estimate of drug-likeness (QED) is 0.568. The highest BCUT2D eigenvalue weighted by atomic mass is 16.6. The van der Waals surface area contributed by atoms with Crippen LogP contribution in [0, 0.1) is 0 Å². The van der Waals surface area contributed by atoms with Crippen molar-refractivity contribution in [2.45, 2.75) is 23.4 Å². The Bertz CT molecular complexity index is 936. The van der Waals surface area contributed by atoms with E-state index in [1.807, 2.05) is 0 Å². The zero-order valence-corrected chi connectivity index (χ0v) is 16.8. The second-order valence-electron chi connectivity index (χ2n) is 7.44. The fraction of sp³-hybridized carbons (Fsp3) is 0.429. The number of rotatable bonds is 5. The Labute approximate surface area is 173 Å². The number of phenolic OH excluding ortho intramolecular Hbond substituents is 2. The summed E-state index contributed by atoms with van der Waals surface area (Å²) >= 11 is 0. The number of hydrogen-bond donors (Lipinski definition) is 4. The number of benzene rings is 2. The van der Waals surface area contributed by atoms with Crippen molar-refractivity contribution in [3.05, 3.63) is 41.5 Å². The Morgan fingerprint density at radius 3 is 1.73 bits per heavy atom. The summed E-state index contributed by atoms with van der Waals surface area (Å²) in [6.07, 6.45) is -1.88. The largest absolute Gasteiger partial charge is 0.504 e. The first-order valence-electron chi connectivity index (χ1n) is 9.28. The standard InChI is InChI=1S/C21H24O9/c1-26-14-6-11(4-5-13(14)22)18-20(24)9-30-19(21(20,25)10-29-18)12-7-15(27-2)17(23)16(8-12)28-3/h4-8,18-19,22-25H,9-10H2,1-3H3. The number of phenols is 2. The first kappa shape index (κ1) is 20.5. The van der Waals surface area contributed by atoms with Gasteiger partial charge in [0.1, 0.15) is 12.2 Å². The molecule has 4 N–H and O–H groups in total. The van der Waals surface area contributed by atoms with E-state index in [9.17, 15) is 20.4 Å². The van der Waals surface area contributed by atoms with Gasteiger partial charge in [0.15, 0.2) is 34.2 Å². The van der Waals surface area contributed by atoms with Crippen LogP contribution in [-0.2, 0) is 9.47 Å². The topological polar surface area (TPSA) is 127 Å². The summed E-state index contributed by atoms with van der Waals surface area (Å²) in [4.78, 5) is 0. The first-order chi connectivity index (χ1) is 14.3. The van der Waals surface area contributed by atoms with Crippen LogP contribution in [-0.4, -0.2) is 66.2 Å². The molecule has 0 aromatic heterocycles. The van der Waals surface area contributed by atoms with Gasteiger partial charge in [-0.25, -0.2) is 0 Å². The molecule has 2 aromatic rings. The maximum Gasteiger partial charge on any atom is 0.200 e. The predicted molar refractivity (Wildman–Crippen MR) is 103 cm³/mol. The molecule has 162 valence electrons. The number of ether oxygens (including phenoxy) is 5. The van der Waals surface area contributed by atoms with Gasteiger partial charge in [0.2, 0.25) is 5.75 Å². The van der Waals surface area contributed by atoms with Crippen LogP contribution >= 0.6 is 0 Å². The van der Waals surface area contributed by atoms with Crippen molar-refractivity contribution >= 4 is 0 Å². The number of fused-ring (bicyclic) bond motifs is 1. The summed E-state index contributed by atoms with van der Waals surface area (Å²) in [5.74, 6) is 0.279. The van der Waals surface area contributed by atoms with Crippen molar-refractivity contribution < 1.29 is 44.1 Å². The number of aliphatic hydroxyl groups is 2. The molecule has 4 rings (SSSR count). The maximum absolute atomic E-state index is 11.5. The van der Waals surface area contributed by atoms with Gasteiger partial charge in [-0.1, -0.05) is 6.07 Å². The highest BCUT2D eigenvalue weighted by molar-refractivity contribution is 5.54. The molecular weight excluding hydrogens is 396 g/mol. The lowest BCUT2D eigenvalue weighted by atomic mass is 9.77. The zero-order valence-electron chi connectivity index (χ0n) is 16.8. The van der Waals surface area contributed by atoms with Crippen LogP contribution in [0.5, 0.6) is 28.7 Å². The van der Waals surface area contributed by atoms with Crippen LogP contribution < -0.4 is 14.2 Å². The smallest absolute Gasteiger partial charge is 0.200 e. The van der Waals surface area contributed by atoms with Gasteiger partial charge in [0.05, 0.1) is 34.5 Å². The Kier molecular flexibility index (Phi) is 4.94. The average molecular weight is 420 g/mol. The summed E-state index contributed by atoms with van der Waals surface area (Å²) in [6.45, 7) is -0.402. The van der Waals surface area contributed by atoms with Gasteiger partial charge < -0.3 is 44.1 Å². The summed E-state index contributed by atoms with van der Waals surface area (Å²) in [5, 5.41) is 43.0. The molecule has 4 atom stereocenters. The van der Waals surface area contributed by atoms with Crippen LogP contribution in [0.25, 0.3) is 0 Å². The zero-order chi connectivity index (χ0) is 21.7. The minimum Gasteiger partial charge on any atom is -0.504 e. The lowest BCUT2D eigenvalue weighted by molar-refractivity contribution is -0.113. The van der Waals surface area contributed by atoms with E-state index < -0.39 is 23.4 Å². The summed E-state index contributed by atoms with van der Waals surface area (Å²) in [5.41, 5.74) is -2.57. The average Bonchev–Trinajstić information content (AvgIpc) is 3.15. The van der Waals surface area contributed by atoms with Crippen molar-refractivity contribution in [1.82, 2.24) is 0 Å². The van der Waals surface area contributed by atoms with Crippen LogP contribution in [0.1, 0.15) is 23.3 Å². The van der Waals surface area contributed by atoms with E-state index in [1.54, 1.807) is 12.1 Å². The van der Waals surface area contributed by atoms with Gasteiger partial charge in [0.25, 0.3) is 0 Å². The van der Waals surface area contributed by atoms with Gasteiger partial charge in [-0.15, -0.1) is 0 Å². The molecule has 2 aliphatic rings. The van der Waals surface area contributed by atoms with Crippen LogP contribution in [0.2, 0.25) is 0 Å². The highest BCUT2D eigenvalue weighted by Crippen LogP contribution is 2.57. The van der Waals surface area contributed by atoms with E-state index in [2.05, 4.69) is 0 Å². The molecule has 9 nitrogen and oxygen atoms in total. The molecule has 0 aliphatic carbocycles. The molecule has 2 aromatic carbocycles. The molecule has 2 aliphatic heterocycles. The molecule has 0 amide bonds. The monoisotopic (exact) mass is 420 g/mol. The van der Waals surface area contributed by atoms with Gasteiger partial charge in [-0.05, 0) is 35.4 Å². The predicted octanol–water partition coefficient (Wildman–Crippen LogP) is 1.43. The normalized spacial score (nSPS) is 30.2. The van der Waals surface area contributed by atoms with Crippen molar-refractivity contribution in [2.24, 2.45) is 0 Å². The van der Waals surface area contributed by atoms with E-state index in [4.69, 9.17) is 23.7 Å². The van der Waals surface area contributed by atoms with E-state index in [1.165, 1.54) is 39.5 Å². The Morgan fingerprint density at radius 1 is 0.767 bits per heavy atom. The van der Waals surface area contributed by atoms with Crippen LogP contribution in [0.4, 0.5) is 0 Å². The molecule has 0 spiro atoms. The minimum absolute atomic E-state index is 0.0506. The van der Waals surface area contributed by atoms with Crippen LogP contribution in [0.15, 0.2) is 30.3 Å². The summed E-state index contributed by atoms with van der Waals surface area (Å²) in [7, 11) is 4.21. The number of methoxy groups -OCH3 is 3. The highest BCUT2D eigenvalue weighted by Gasteiger charge is 2.69. The molecule has 0 bridgehead atoms. The van der Waals surface area contributed by atoms with Gasteiger partial charge >= 0.3 is 0 Å². The van der Waals surface area contributed by atoms with Crippen molar-refractivity contribution in [1.29, 1.82) is 0 Å². The second-order valence-corrected chi connectivity index (χ2v) is 7.44. The molecule has 0 radical (unpaired) electrons. The fourth-order valence-corrected chi connectivity index (χ4v) is 4.22. The SMILES string of the molecule is COc1cc(C2OCC3(O)C(c4cc(OC)c(O)c(OC)c4)OCC23O)ccc1O. The minimum atomic E-state index is -1.78. The van der Waals surface area contributed by atoms with Crippen molar-refractivity contribution in [3.8, 4) is 28.7 Å². The van der Waals surface area contributed by atoms with Crippen molar-refractivity contribution in [3.63, 3.8) is 0 Å². The lowest BCUT2D eigenvalue weighted by Gasteiger charge is -2.34. The van der Waals surface area contributed by atoms with E-state index >= 15 is 0 Å². The first-order valence-corrected chi connectivity index (χ1v) is 9.28. The third kappa shape index (κ3) is 2.78. The Hall–Kier alpha value is -2.72. The summed E-state index contributed by atoms with van der Waals surface area (Å²) < 4.78 is 27.1. The van der Waals surface area contributed by atoms with E-state index in [0.29, 0.717) is 11.1 Å².